The van der Waals surface area contributed by atoms with Gasteiger partial charge >= 0.3 is 0 Å². The van der Waals surface area contributed by atoms with E-state index in [1.165, 1.54) is 20.3 Å². The molecule has 1 amide bonds. The third-order valence-corrected chi connectivity index (χ3v) is 4.38. The molecule has 0 bridgehead atoms. The van der Waals surface area contributed by atoms with Gasteiger partial charge in [-0.3, -0.25) is 10.1 Å². The molecule has 0 aromatic heterocycles. The number of benzene rings is 1. The number of amides is 1. The van der Waals surface area contributed by atoms with Gasteiger partial charge in [0.25, 0.3) is 0 Å². The van der Waals surface area contributed by atoms with Crippen molar-refractivity contribution in [1.29, 1.82) is 0 Å². The van der Waals surface area contributed by atoms with Crippen molar-refractivity contribution in [2.45, 2.75) is 57.5 Å². The van der Waals surface area contributed by atoms with Gasteiger partial charge in [-0.25, -0.2) is 8.78 Å². The fourth-order valence-corrected chi connectivity index (χ4v) is 2.97. The summed E-state index contributed by atoms with van der Waals surface area (Å²) in [4.78, 5) is 11.9. The zero-order valence-corrected chi connectivity index (χ0v) is 12.5. The van der Waals surface area contributed by atoms with Crippen LogP contribution in [0.25, 0.3) is 0 Å². The average molecular weight is 296 g/mol. The lowest BCUT2D eigenvalue weighted by atomic mass is 9.86. The van der Waals surface area contributed by atoms with E-state index in [4.69, 9.17) is 5.73 Å². The van der Waals surface area contributed by atoms with Gasteiger partial charge in [0.1, 0.15) is 17.2 Å². The average Bonchev–Trinajstić information content (AvgIpc) is 2.43. The van der Waals surface area contributed by atoms with E-state index in [1.807, 2.05) is 0 Å². The Morgan fingerprint density at radius 1 is 1.24 bits per heavy atom. The monoisotopic (exact) mass is 296 g/mol. The van der Waals surface area contributed by atoms with Gasteiger partial charge in [-0.2, -0.15) is 0 Å². The molecule has 0 saturated heterocycles. The number of carbonyl (C=O) groups excluding carboxylic acids is 1. The molecule has 0 radical (unpaired) electrons. The van der Waals surface area contributed by atoms with Crippen molar-refractivity contribution in [3.8, 4) is 0 Å². The first-order chi connectivity index (χ1) is 9.84. The van der Waals surface area contributed by atoms with Crippen molar-refractivity contribution in [3.05, 3.63) is 34.9 Å². The highest BCUT2D eigenvalue weighted by molar-refractivity contribution is 5.85. The summed E-state index contributed by atoms with van der Waals surface area (Å²) in [6.07, 6.45) is 5.13. The summed E-state index contributed by atoms with van der Waals surface area (Å²) in [5.41, 5.74) is 4.27. The number of nitrogens with two attached hydrogens (primary N) is 1. The molecule has 1 aromatic carbocycles. The van der Waals surface area contributed by atoms with Crippen molar-refractivity contribution in [2.75, 3.05) is 0 Å². The Morgan fingerprint density at radius 2 is 1.86 bits per heavy atom. The van der Waals surface area contributed by atoms with Crippen LogP contribution in [0.2, 0.25) is 0 Å². The van der Waals surface area contributed by atoms with Gasteiger partial charge in [-0.15, -0.1) is 0 Å². The van der Waals surface area contributed by atoms with Gasteiger partial charge in [0.2, 0.25) is 5.91 Å². The van der Waals surface area contributed by atoms with E-state index < -0.39 is 23.1 Å². The van der Waals surface area contributed by atoms with Gasteiger partial charge < -0.3 is 5.73 Å². The Bertz CT molecular complexity index is 541. The van der Waals surface area contributed by atoms with Crippen molar-refractivity contribution in [2.24, 2.45) is 5.73 Å². The summed E-state index contributed by atoms with van der Waals surface area (Å²) in [5, 5.41) is 3.15. The lowest BCUT2D eigenvalue weighted by molar-refractivity contribution is -0.124. The third kappa shape index (κ3) is 3.23. The minimum Gasteiger partial charge on any atom is -0.368 e. The summed E-state index contributed by atoms with van der Waals surface area (Å²) in [7, 11) is 0. The van der Waals surface area contributed by atoms with E-state index in [0.717, 1.165) is 37.8 Å². The number of nitrogens with one attached hydrogen (secondary N) is 1. The van der Waals surface area contributed by atoms with E-state index in [1.54, 1.807) is 0 Å². The number of hydrogen-bond acceptors (Lipinski definition) is 2. The standard InChI is InChI=1S/C16H22F2N2O/c1-10-8-14(18)12(9-13(10)17)16(2,15(19)21)20-11-6-4-3-5-7-11/h8-9,11,20H,3-7H2,1-2H3,(H2,19,21). The minimum atomic E-state index is -1.40. The first-order valence-electron chi connectivity index (χ1n) is 7.38. The van der Waals surface area contributed by atoms with Crippen LogP contribution in [-0.2, 0) is 10.3 Å². The Balaban J connectivity index is 2.37. The molecule has 1 unspecified atom stereocenters. The Hall–Kier alpha value is -1.49. The van der Waals surface area contributed by atoms with Gasteiger partial charge in [-0.05, 0) is 44.4 Å². The van der Waals surface area contributed by atoms with Gasteiger partial charge in [0.05, 0.1) is 0 Å². The van der Waals surface area contributed by atoms with E-state index in [0.29, 0.717) is 0 Å². The molecule has 0 aliphatic heterocycles. The highest BCUT2D eigenvalue weighted by atomic mass is 19.1. The molecule has 0 heterocycles. The van der Waals surface area contributed by atoms with Crippen LogP contribution < -0.4 is 11.1 Å². The second-order valence-electron chi connectivity index (χ2n) is 6.05. The summed E-state index contributed by atoms with van der Waals surface area (Å²) >= 11 is 0. The highest BCUT2D eigenvalue weighted by Gasteiger charge is 2.38. The van der Waals surface area contributed by atoms with Crippen LogP contribution in [0.3, 0.4) is 0 Å². The molecular formula is C16H22F2N2O. The Morgan fingerprint density at radius 3 is 2.43 bits per heavy atom. The van der Waals surface area contributed by atoms with Crippen LogP contribution in [-0.4, -0.2) is 11.9 Å². The third-order valence-electron chi connectivity index (χ3n) is 4.38. The normalized spacial score (nSPS) is 19.2. The number of hydrogen-bond donors (Lipinski definition) is 2. The predicted molar refractivity (Wildman–Crippen MR) is 77.7 cm³/mol. The molecule has 3 N–H and O–H groups in total. The number of primary amides is 1. The van der Waals surface area contributed by atoms with Gasteiger partial charge in [0, 0.05) is 11.6 Å². The van der Waals surface area contributed by atoms with E-state index in [9.17, 15) is 13.6 Å². The van der Waals surface area contributed by atoms with Crippen LogP contribution in [0.1, 0.15) is 50.2 Å². The van der Waals surface area contributed by atoms with Crippen molar-refractivity contribution < 1.29 is 13.6 Å². The fourth-order valence-electron chi connectivity index (χ4n) is 2.97. The smallest absolute Gasteiger partial charge is 0.242 e. The topological polar surface area (TPSA) is 55.1 Å². The second-order valence-corrected chi connectivity index (χ2v) is 6.05. The Kier molecular flexibility index (Phi) is 4.61. The lowest BCUT2D eigenvalue weighted by Crippen LogP contribution is -2.55. The fraction of sp³-hybridized carbons (Fsp3) is 0.562. The van der Waals surface area contributed by atoms with Crippen molar-refractivity contribution in [3.63, 3.8) is 0 Å². The molecule has 1 aromatic rings. The van der Waals surface area contributed by atoms with Crippen LogP contribution >= 0.6 is 0 Å². The lowest BCUT2D eigenvalue weighted by Gasteiger charge is -2.35. The Labute approximate surface area is 123 Å². The molecule has 21 heavy (non-hydrogen) atoms. The summed E-state index contributed by atoms with van der Waals surface area (Å²) in [6, 6.07) is 2.28. The van der Waals surface area contributed by atoms with E-state index in [2.05, 4.69) is 5.32 Å². The highest BCUT2D eigenvalue weighted by Crippen LogP contribution is 2.29. The van der Waals surface area contributed by atoms with Crippen LogP contribution in [0.5, 0.6) is 0 Å². The summed E-state index contributed by atoms with van der Waals surface area (Å²) in [6.45, 7) is 3.01. The molecule has 1 fully saturated rings. The molecule has 0 spiro atoms. The van der Waals surface area contributed by atoms with Crippen LogP contribution in [0.4, 0.5) is 8.78 Å². The van der Waals surface area contributed by atoms with Crippen molar-refractivity contribution in [1.82, 2.24) is 5.32 Å². The first kappa shape index (κ1) is 15.9. The quantitative estimate of drug-likeness (QED) is 0.897. The minimum absolute atomic E-state index is 0.0244. The van der Waals surface area contributed by atoms with Crippen LogP contribution in [0.15, 0.2) is 12.1 Å². The maximum atomic E-state index is 14.2. The van der Waals surface area contributed by atoms with E-state index >= 15 is 0 Å². The van der Waals surface area contributed by atoms with E-state index in [-0.39, 0.29) is 17.2 Å². The zero-order valence-electron chi connectivity index (χ0n) is 12.5. The summed E-state index contributed by atoms with van der Waals surface area (Å²) in [5.74, 6) is -1.85. The number of aryl methyl sites for hydroxylation is 1. The molecule has 3 nitrogen and oxygen atoms in total. The maximum absolute atomic E-state index is 14.2. The predicted octanol–water partition coefficient (Wildman–Crippen LogP) is 2.90. The van der Waals surface area contributed by atoms with Gasteiger partial charge in [0.15, 0.2) is 0 Å². The molecule has 2 rings (SSSR count). The number of carbonyl (C=O) groups is 1. The van der Waals surface area contributed by atoms with Crippen molar-refractivity contribution >= 4 is 5.91 Å². The number of halogens is 2. The number of rotatable bonds is 4. The molecule has 1 aliphatic carbocycles. The molecule has 1 aliphatic rings. The largest absolute Gasteiger partial charge is 0.368 e. The molecule has 1 saturated carbocycles. The molecule has 116 valence electrons. The SMILES string of the molecule is Cc1cc(F)c(C(C)(NC2CCCCC2)C(N)=O)cc1F. The zero-order chi connectivity index (χ0) is 15.6. The molecule has 5 heteroatoms. The molecule has 1 atom stereocenters. The first-order valence-corrected chi connectivity index (χ1v) is 7.38. The van der Waals surface area contributed by atoms with Crippen LogP contribution in [0, 0.1) is 18.6 Å². The molecular weight excluding hydrogens is 274 g/mol. The maximum Gasteiger partial charge on any atom is 0.242 e. The van der Waals surface area contributed by atoms with Gasteiger partial charge in [-0.1, -0.05) is 19.3 Å². The second kappa shape index (κ2) is 6.10. The summed E-state index contributed by atoms with van der Waals surface area (Å²) < 4.78 is 28.0.